The van der Waals surface area contributed by atoms with Crippen molar-refractivity contribution in [3.63, 3.8) is 0 Å². The van der Waals surface area contributed by atoms with E-state index in [4.69, 9.17) is 4.74 Å². The van der Waals surface area contributed by atoms with Gasteiger partial charge in [-0.2, -0.15) is 11.8 Å². The average Bonchev–Trinajstić information content (AvgIpc) is 2.65. The van der Waals surface area contributed by atoms with Crippen LogP contribution in [0.2, 0.25) is 0 Å². The van der Waals surface area contributed by atoms with Gasteiger partial charge in [0.15, 0.2) is 0 Å². The number of aromatic nitrogens is 1. The SMILES string of the molecule is CCOc1ccc(Nc2ncccc2C(=O)NC2CCSCC2)cc1. The largest absolute Gasteiger partial charge is 0.494 e. The maximum absolute atomic E-state index is 12.6. The maximum Gasteiger partial charge on any atom is 0.255 e. The van der Waals surface area contributed by atoms with Crippen molar-refractivity contribution in [2.24, 2.45) is 0 Å². The Bertz CT molecular complexity index is 700. The van der Waals surface area contributed by atoms with E-state index in [0.717, 1.165) is 35.8 Å². The summed E-state index contributed by atoms with van der Waals surface area (Å²) in [5.74, 6) is 3.53. The third-order valence-corrected chi connectivity index (χ3v) is 5.09. The highest BCUT2D eigenvalue weighted by atomic mass is 32.2. The van der Waals surface area contributed by atoms with Crippen molar-refractivity contribution < 1.29 is 9.53 Å². The molecule has 132 valence electrons. The van der Waals surface area contributed by atoms with E-state index in [1.807, 2.05) is 43.0 Å². The number of hydrogen-bond donors (Lipinski definition) is 2. The first-order chi connectivity index (χ1) is 12.3. The van der Waals surface area contributed by atoms with E-state index < -0.39 is 0 Å². The van der Waals surface area contributed by atoms with Crippen LogP contribution in [0.4, 0.5) is 11.5 Å². The Kier molecular flexibility index (Phi) is 6.17. The molecule has 1 amide bonds. The number of amides is 1. The Morgan fingerprint density at radius 1 is 1.24 bits per heavy atom. The molecule has 0 unspecified atom stereocenters. The third-order valence-electron chi connectivity index (χ3n) is 4.04. The van der Waals surface area contributed by atoms with Crippen LogP contribution in [0, 0.1) is 0 Å². The number of carbonyl (C=O) groups is 1. The highest BCUT2D eigenvalue weighted by molar-refractivity contribution is 7.99. The van der Waals surface area contributed by atoms with E-state index in [1.54, 1.807) is 18.3 Å². The summed E-state index contributed by atoms with van der Waals surface area (Å²) < 4.78 is 5.45. The van der Waals surface area contributed by atoms with Crippen LogP contribution in [0.1, 0.15) is 30.1 Å². The Hall–Kier alpha value is -2.21. The fraction of sp³-hybridized carbons (Fsp3) is 0.368. The molecule has 1 aromatic carbocycles. The lowest BCUT2D eigenvalue weighted by Crippen LogP contribution is -2.37. The summed E-state index contributed by atoms with van der Waals surface area (Å²) in [6.07, 6.45) is 3.74. The molecule has 25 heavy (non-hydrogen) atoms. The number of pyridine rings is 1. The summed E-state index contributed by atoms with van der Waals surface area (Å²) in [5.41, 5.74) is 1.43. The van der Waals surface area contributed by atoms with Crippen LogP contribution in [0.15, 0.2) is 42.6 Å². The highest BCUT2D eigenvalue weighted by Gasteiger charge is 2.19. The molecule has 0 bridgehead atoms. The molecule has 2 heterocycles. The minimum atomic E-state index is -0.0709. The fourth-order valence-corrected chi connectivity index (χ4v) is 3.84. The lowest BCUT2D eigenvalue weighted by atomic mass is 10.1. The van der Waals surface area contributed by atoms with E-state index in [-0.39, 0.29) is 11.9 Å². The number of rotatable bonds is 6. The molecule has 3 rings (SSSR count). The van der Waals surface area contributed by atoms with E-state index >= 15 is 0 Å². The number of nitrogens with one attached hydrogen (secondary N) is 2. The first kappa shape index (κ1) is 17.6. The zero-order valence-electron chi connectivity index (χ0n) is 14.3. The minimum Gasteiger partial charge on any atom is -0.494 e. The smallest absolute Gasteiger partial charge is 0.255 e. The molecular weight excluding hydrogens is 334 g/mol. The summed E-state index contributed by atoms with van der Waals surface area (Å²) in [6.45, 7) is 2.59. The highest BCUT2D eigenvalue weighted by Crippen LogP contribution is 2.22. The van der Waals surface area contributed by atoms with Gasteiger partial charge in [-0.1, -0.05) is 0 Å². The molecule has 0 saturated carbocycles. The molecular formula is C19H23N3O2S. The van der Waals surface area contributed by atoms with Gasteiger partial charge in [-0.05, 0) is 67.7 Å². The molecule has 0 spiro atoms. The number of anilines is 2. The molecule has 0 aliphatic carbocycles. The number of hydrogen-bond acceptors (Lipinski definition) is 5. The number of carbonyl (C=O) groups excluding carboxylic acids is 1. The fourth-order valence-electron chi connectivity index (χ4n) is 2.73. The Morgan fingerprint density at radius 3 is 2.72 bits per heavy atom. The summed E-state index contributed by atoms with van der Waals surface area (Å²) in [6, 6.07) is 11.5. The minimum absolute atomic E-state index is 0.0709. The molecule has 1 fully saturated rings. The van der Waals surface area contributed by atoms with Gasteiger partial charge in [0.05, 0.1) is 12.2 Å². The van der Waals surface area contributed by atoms with Crippen molar-refractivity contribution in [1.29, 1.82) is 0 Å². The van der Waals surface area contributed by atoms with Crippen LogP contribution in [0.3, 0.4) is 0 Å². The average molecular weight is 357 g/mol. The first-order valence-corrected chi connectivity index (χ1v) is 9.75. The second-order valence-corrected chi connectivity index (χ2v) is 7.07. The van der Waals surface area contributed by atoms with Gasteiger partial charge in [-0.15, -0.1) is 0 Å². The van der Waals surface area contributed by atoms with Crippen molar-refractivity contribution >= 4 is 29.2 Å². The Labute approximate surface area is 152 Å². The van der Waals surface area contributed by atoms with Crippen LogP contribution < -0.4 is 15.4 Å². The molecule has 1 saturated heterocycles. The second kappa shape index (κ2) is 8.76. The summed E-state index contributed by atoms with van der Waals surface area (Å²) in [7, 11) is 0. The summed E-state index contributed by atoms with van der Waals surface area (Å²) in [4.78, 5) is 17.0. The van der Waals surface area contributed by atoms with Gasteiger partial charge in [-0.3, -0.25) is 4.79 Å². The molecule has 0 radical (unpaired) electrons. The zero-order valence-corrected chi connectivity index (χ0v) is 15.1. The third kappa shape index (κ3) is 4.89. The van der Waals surface area contributed by atoms with Crippen molar-refractivity contribution in [3.05, 3.63) is 48.2 Å². The van der Waals surface area contributed by atoms with E-state index in [2.05, 4.69) is 15.6 Å². The molecule has 1 aliphatic rings. The van der Waals surface area contributed by atoms with Gasteiger partial charge in [-0.25, -0.2) is 4.98 Å². The van der Waals surface area contributed by atoms with Crippen LogP contribution in [0.5, 0.6) is 5.75 Å². The zero-order chi connectivity index (χ0) is 17.5. The lowest BCUT2D eigenvalue weighted by molar-refractivity contribution is 0.0935. The van der Waals surface area contributed by atoms with Gasteiger partial charge in [0.25, 0.3) is 5.91 Å². The van der Waals surface area contributed by atoms with Crippen molar-refractivity contribution in [2.75, 3.05) is 23.4 Å². The van der Waals surface area contributed by atoms with Gasteiger partial charge >= 0.3 is 0 Å². The number of thioether (sulfide) groups is 1. The number of nitrogens with zero attached hydrogens (tertiary/aromatic N) is 1. The normalized spacial score (nSPS) is 14.8. The molecule has 1 aromatic heterocycles. The van der Waals surface area contributed by atoms with Gasteiger partial charge in [0.1, 0.15) is 11.6 Å². The van der Waals surface area contributed by atoms with Gasteiger partial charge in [0.2, 0.25) is 0 Å². The summed E-state index contributed by atoms with van der Waals surface area (Å²) in [5, 5.41) is 6.36. The van der Waals surface area contributed by atoms with Crippen molar-refractivity contribution in [2.45, 2.75) is 25.8 Å². The van der Waals surface area contributed by atoms with Crippen LogP contribution in [0.25, 0.3) is 0 Å². The van der Waals surface area contributed by atoms with Gasteiger partial charge in [0, 0.05) is 17.9 Å². The quantitative estimate of drug-likeness (QED) is 0.822. The van der Waals surface area contributed by atoms with E-state index in [1.165, 1.54) is 0 Å². The summed E-state index contributed by atoms with van der Waals surface area (Å²) >= 11 is 1.94. The predicted octanol–water partition coefficient (Wildman–Crippen LogP) is 3.85. The monoisotopic (exact) mass is 357 g/mol. The van der Waals surface area contributed by atoms with Crippen LogP contribution in [-0.2, 0) is 0 Å². The lowest BCUT2D eigenvalue weighted by Gasteiger charge is -2.23. The van der Waals surface area contributed by atoms with Gasteiger partial charge < -0.3 is 15.4 Å². The molecule has 0 atom stereocenters. The number of ether oxygens (including phenoxy) is 1. The first-order valence-electron chi connectivity index (χ1n) is 8.60. The molecule has 1 aliphatic heterocycles. The predicted molar refractivity (Wildman–Crippen MR) is 103 cm³/mol. The number of benzene rings is 1. The van der Waals surface area contributed by atoms with E-state index in [0.29, 0.717) is 18.0 Å². The maximum atomic E-state index is 12.6. The topological polar surface area (TPSA) is 63.2 Å². The van der Waals surface area contributed by atoms with Crippen LogP contribution >= 0.6 is 11.8 Å². The van der Waals surface area contributed by atoms with Crippen molar-refractivity contribution in [3.8, 4) is 5.75 Å². The second-order valence-electron chi connectivity index (χ2n) is 5.84. The molecule has 6 heteroatoms. The molecule has 2 N–H and O–H groups in total. The molecule has 2 aromatic rings. The van der Waals surface area contributed by atoms with Crippen molar-refractivity contribution in [1.82, 2.24) is 10.3 Å². The Morgan fingerprint density at radius 2 is 2.00 bits per heavy atom. The Balaban J connectivity index is 1.70. The molecule has 5 nitrogen and oxygen atoms in total. The standard InChI is InChI=1S/C19H23N3O2S/c1-2-24-16-7-5-14(6-8-16)21-18-17(4-3-11-20-18)19(23)22-15-9-12-25-13-10-15/h3-8,11,15H,2,9-10,12-13H2,1H3,(H,20,21)(H,22,23). The van der Waals surface area contributed by atoms with E-state index in [9.17, 15) is 4.79 Å². The van der Waals surface area contributed by atoms with Crippen LogP contribution in [-0.4, -0.2) is 35.0 Å².